The third-order valence-electron chi connectivity index (χ3n) is 2.46. The van der Waals surface area contributed by atoms with Gasteiger partial charge in [-0.25, -0.2) is 0 Å². The van der Waals surface area contributed by atoms with Crippen molar-refractivity contribution >= 4 is 10.1 Å². The predicted molar refractivity (Wildman–Crippen MR) is 46.1 cm³/mol. The van der Waals surface area contributed by atoms with Gasteiger partial charge in [0.1, 0.15) is 5.37 Å². The third kappa shape index (κ3) is 2.43. The molecule has 0 aromatic heterocycles. The lowest BCUT2D eigenvalue weighted by Gasteiger charge is -2.24. The molecule has 5 heteroatoms. The summed E-state index contributed by atoms with van der Waals surface area (Å²) in [4.78, 5) is 0. The van der Waals surface area contributed by atoms with Gasteiger partial charge in [-0.05, 0) is 18.8 Å². The summed E-state index contributed by atoms with van der Waals surface area (Å²) in [5.74, 6) is -0.0475. The summed E-state index contributed by atoms with van der Waals surface area (Å²) >= 11 is 0. The normalized spacial score (nSPS) is 23.8. The van der Waals surface area contributed by atoms with Crippen molar-refractivity contribution in [2.24, 2.45) is 11.7 Å². The number of hydrogen-bond acceptors (Lipinski definition) is 3. The van der Waals surface area contributed by atoms with E-state index in [-0.39, 0.29) is 5.92 Å². The molecule has 0 amide bonds. The molecular weight excluding hydrogens is 178 g/mol. The summed E-state index contributed by atoms with van der Waals surface area (Å²) in [5, 5.41) is -1.07. The maximum Gasteiger partial charge on any atom is 0.281 e. The Bertz CT molecular complexity index is 231. The van der Waals surface area contributed by atoms with Crippen molar-refractivity contribution in [2.75, 3.05) is 0 Å². The van der Waals surface area contributed by atoms with E-state index in [2.05, 4.69) is 0 Å². The van der Waals surface area contributed by atoms with Crippen LogP contribution in [0, 0.1) is 5.92 Å². The number of nitrogens with two attached hydrogens (primary N) is 1. The molecule has 1 aliphatic carbocycles. The van der Waals surface area contributed by atoms with Crippen molar-refractivity contribution in [3.63, 3.8) is 0 Å². The standard InChI is InChI=1S/C7H15NO3S/c8-7(12(9,10)11)6-4-2-1-3-5-6/h6-7H,1-5,8H2,(H,9,10,11). The van der Waals surface area contributed by atoms with Gasteiger partial charge in [-0.1, -0.05) is 19.3 Å². The summed E-state index contributed by atoms with van der Waals surface area (Å²) in [6.07, 6.45) is 4.83. The average Bonchev–Trinajstić information content (AvgIpc) is 2.03. The van der Waals surface area contributed by atoms with Gasteiger partial charge in [0.05, 0.1) is 0 Å². The highest BCUT2D eigenvalue weighted by Crippen LogP contribution is 2.27. The molecule has 1 atom stereocenters. The highest BCUT2D eigenvalue weighted by atomic mass is 32.2. The van der Waals surface area contributed by atoms with Gasteiger partial charge in [0, 0.05) is 0 Å². The molecule has 1 rings (SSSR count). The second-order valence-corrected chi connectivity index (χ2v) is 4.95. The van der Waals surface area contributed by atoms with Gasteiger partial charge >= 0.3 is 0 Å². The van der Waals surface area contributed by atoms with Crippen LogP contribution in [0.2, 0.25) is 0 Å². The molecule has 1 unspecified atom stereocenters. The lowest BCUT2D eigenvalue weighted by atomic mass is 9.89. The Labute approximate surface area is 72.9 Å². The van der Waals surface area contributed by atoms with Gasteiger partial charge in [0.2, 0.25) is 0 Å². The Morgan fingerprint density at radius 3 is 2.17 bits per heavy atom. The van der Waals surface area contributed by atoms with E-state index in [4.69, 9.17) is 10.3 Å². The van der Waals surface area contributed by atoms with Gasteiger partial charge in [0.15, 0.2) is 0 Å². The quantitative estimate of drug-likeness (QED) is 0.634. The van der Waals surface area contributed by atoms with Crippen LogP contribution in [0.15, 0.2) is 0 Å². The molecule has 0 heterocycles. The molecule has 0 aromatic carbocycles. The van der Waals surface area contributed by atoms with E-state index in [0.29, 0.717) is 0 Å². The van der Waals surface area contributed by atoms with Crippen LogP contribution in [-0.4, -0.2) is 18.3 Å². The molecule has 12 heavy (non-hydrogen) atoms. The van der Waals surface area contributed by atoms with Crippen LogP contribution in [0.4, 0.5) is 0 Å². The van der Waals surface area contributed by atoms with Crippen LogP contribution in [0.3, 0.4) is 0 Å². The fourth-order valence-electron chi connectivity index (χ4n) is 1.71. The van der Waals surface area contributed by atoms with E-state index >= 15 is 0 Å². The molecule has 72 valence electrons. The molecular formula is C7H15NO3S. The molecule has 1 saturated carbocycles. The number of hydrogen-bond donors (Lipinski definition) is 2. The molecule has 1 fully saturated rings. The lowest BCUT2D eigenvalue weighted by molar-refractivity contribution is 0.329. The smallest absolute Gasteiger partial charge is 0.281 e. The molecule has 1 aliphatic rings. The van der Waals surface area contributed by atoms with Crippen molar-refractivity contribution in [1.29, 1.82) is 0 Å². The fraction of sp³-hybridized carbons (Fsp3) is 1.00. The maximum atomic E-state index is 10.7. The minimum absolute atomic E-state index is 0.0475. The second kappa shape index (κ2) is 3.72. The van der Waals surface area contributed by atoms with E-state index in [1.807, 2.05) is 0 Å². The molecule has 0 aliphatic heterocycles. The Morgan fingerprint density at radius 2 is 1.75 bits per heavy atom. The third-order valence-corrected chi connectivity index (χ3v) is 3.53. The van der Waals surface area contributed by atoms with E-state index in [1.54, 1.807) is 0 Å². The minimum atomic E-state index is -4.02. The molecule has 0 aromatic rings. The summed E-state index contributed by atoms with van der Waals surface area (Å²) in [6, 6.07) is 0. The average molecular weight is 193 g/mol. The lowest BCUT2D eigenvalue weighted by Crippen LogP contribution is -2.38. The molecule has 0 spiro atoms. The van der Waals surface area contributed by atoms with E-state index in [0.717, 1.165) is 32.1 Å². The first-order valence-electron chi connectivity index (χ1n) is 4.23. The summed E-state index contributed by atoms with van der Waals surface area (Å²) in [6.45, 7) is 0. The first-order valence-corrected chi connectivity index (χ1v) is 5.74. The van der Waals surface area contributed by atoms with Crippen molar-refractivity contribution in [3.8, 4) is 0 Å². The van der Waals surface area contributed by atoms with Crippen molar-refractivity contribution in [1.82, 2.24) is 0 Å². The molecule has 0 bridgehead atoms. The summed E-state index contributed by atoms with van der Waals surface area (Å²) in [7, 11) is -4.02. The Morgan fingerprint density at radius 1 is 1.25 bits per heavy atom. The first-order chi connectivity index (χ1) is 5.52. The maximum absolute atomic E-state index is 10.7. The van der Waals surface area contributed by atoms with Gasteiger partial charge in [-0.3, -0.25) is 4.55 Å². The highest BCUT2D eigenvalue weighted by Gasteiger charge is 2.29. The van der Waals surface area contributed by atoms with E-state index in [1.165, 1.54) is 0 Å². The van der Waals surface area contributed by atoms with Gasteiger partial charge in [-0.2, -0.15) is 8.42 Å². The highest BCUT2D eigenvalue weighted by molar-refractivity contribution is 7.86. The van der Waals surface area contributed by atoms with Crippen LogP contribution < -0.4 is 5.73 Å². The monoisotopic (exact) mass is 193 g/mol. The topological polar surface area (TPSA) is 80.4 Å². The van der Waals surface area contributed by atoms with E-state index in [9.17, 15) is 8.42 Å². The number of rotatable bonds is 2. The van der Waals surface area contributed by atoms with Gasteiger partial charge in [0.25, 0.3) is 10.1 Å². The minimum Gasteiger partial charge on any atom is -0.313 e. The zero-order valence-corrected chi connectivity index (χ0v) is 7.76. The second-order valence-electron chi connectivity index (χ2n) is 3.38. The van der Waals surface area contributed by atoms with Crippen LogP contribution in [0.25, 0.3) is 0 Å². The molecule has 3 N–H and O–H groups in total. The van der Waals surface area contributed by atoms with Crippen LogP contribution >= 0.6 is 0 Å². The molecule has 4 nitrogen and oxygen atoms in total. The van der Waals surface area contributed by atoms with E-state index < -0.39 is 15.5 Å². The van der Waals surface area contributed by atoms with Crippen LogP contribution in [0.5, 0.6) is 0 Å². The van der Waals surface area contributed by atoms with Gasteiger partial charge < -0.3 is 5.73 Å². The van der Waals surface area contributed by atoms with Crippen LogP contribution in [0.1, 0.15) is 32.1 Å². The molecule has 0 radical (unpaired) electrons. The van der Waals surface area contributed by atoms with Crippen molar-refractivity contribution in [2.45, 2.75) is 37.5 Å². The SMILES string of the molecule is NC(C1CCCCC1)S(=O)(=O)O. The van der Waals surface area contributed by atoms with Crippen LogP contribution in [-0.2, 0) is 10.1 Å². The largest absolute Gasteiger partial charge is 0.313 e. The first kappa shape index (κ1) is 9.95. The Balaban J connectivity index is 2.57. The zero-order chi connectivity index (χ0) is 9.19. The summed E-state index contributed by atoms with van der Waals surface area (Å²) < 4.78 is 30.0. The fourth-order valence-corrected chi connectivity index (χ4v) is 2.46. The van der Waals surface area contributed by atoms with Gasteiger partial charge in [-0.15, -0.1) is 0 Å². The van der Waals surface area contributed by atoms with Crippen molar-refractivity contribution < 1.29 is 13.0 Å². The molecule has 0 saturated heterocycles. The predicted octanol–water partition coefficient (Wildman–Crippen LogP) is 0.739. The zero-order valence-electron chi connectivity index (χ0n) is 6.94. The van der Waals surface area contributed by atoms with Crippen molar-refractivity contribution in [3.05, 3.63) is 0 Å². The Hall–Kier alpha value is -0.130. The Kier molecular flexibility index (Phi) is 3.09. The summed E-state index contributed by atoms with van der Waals surface area (Å²) in [5.41, 5.74) is 5.39.